The van der Waals surface area contributed by atoms with E-state index in [-0.39, 0.29) is 0 Å². The molecule has 0 aliphatic rings. The maximum absolute atomic E-state index is 4.63. The van der Waals surface area contributed by atoms with Gasteiger partial charge in [0.2, 0.25) is 0 Å². The molecule has 0 unspecified atom stereocenters. The van der Waals surface area contributed by atoms with E-state index >= 15 is 0 Å². The Morgan fingerprint density at radius 2 is 2.04 bits per heavy atom. The monoisotopic (exact) mass is 349 g/mol. The van der Waals surface area contributed by atoms with E-state index in [2.05, 4.69) is 50.1 Å². The molecule has 4 heterocycles. The van der Waals surface area contributed by atoms with Crippen molar-refractivity contribution in [2.45, 2.75) is 19.9 Å². The molecule has 0 aliphatic heterocycles. The summed E-state index contributed by atoms with van der Waals surface area (Å²) in [6.07, 6.45) is 6.56. The van der Waals surface area contributed by atoms with Crippen molar-refractivity contribution in [3.05, 3.63) is 58.8 Å². The molecule has 0 saturated carbocycles. The van der Waals surface area contributed by atoms with Crippen LogP contribution in [0, 0.1) is 0 Å². The molecule has 4 aromatic heterocycles. The van der Waals surface area contributed by atoms with E-state index in [1.807, 2.05) is 23.9 Å². The number of aromatic nitrogens is 4. The van der Waals surface area contributed by atoms with Crippen LogP contribution in [0.15, 0.2) is 47.7 Å². The van der Waals surface area contributed by atoms with E-state index in [1.54, 1.807) is 23.9 Å². The number of fused-ring (bicyclic) bond motifs is 1. The van der Waals surface area contributed by atoms with Crippen molar-refractivity contribution in [1.29, 1.82) is 0 Å². The Hall–Kier alpha value is -2.73. The molecule has 0 amide bonds. The Morgan fingerprint density at radius 3 is 2.84 bits per heavy atom. The molecule has 4 aromatic rings. The van der Waals surface area contributed by atoms with Crippen LogP contribution in [0.1, 0.15) is 18.1 Å². The third kappa shape index (κ3) is 3.13. The van der Waals surface area contributed by atoms with Gasteiger partial charge in [-0.2, -0.15) is 11.3 Å². The summed E-state index contributed by atoms with van der Waals surface area (Å²) in [5, 5.41) is 7.62. The Bertz CT molecular complexity index is 1000. The molecular weight excluding hydrogens is 330 g/mol. The predicted octanol–water partition coefficient (Wildman–Crippen LogP) is 4.27. The van der Waals surface area contributed by atoms with Gasteiger partial charge in [-0.15, -0.1) is 0 Å². The van der Waals surface area contributed by atoms with Crippen LogP contribution >= 0.6 is 11.3 Å². The number of aryl methyl sites for hydroxylation is 2. The minimum absolute atomic E-state index is 0.705. The van der Waals surface area contributed by atoms with Gasteiger partial charge in [-0.25, -0.2) is 9.97 Å². The number of anilines is 1. The average molecular weight is 349 g/mol. The normalized spacial score (nSPS) is 11.1. The summed E-state index contributed by atoms with van der Waals surface area (Å²) in [6, 6.07) is 6.33. The molecule has 0 saturated heterocycles. The fraction of sp³-hybridized carbons (Fsp3) is 0.211. The molecule has 0 spiro atoms. The van der Waals surface area contributed by atoms with Gasteiger partial charge >= 0.3 is 0 Å². The minimum Gasteiger partial charge on any atom is -0.366 e. The predicted molar refractivity (Wildman–Crippen MR) is 103 cm³/mol. The molecule has 0 radical (unpaired) electrons. The van der Waals surface area contributed by atoms with Crippen LogP contribution in [0.25, 0.3) is 22.3 Å². The van der Waals surface area contributed by atoms with Gasteiger partial charge in [0.25, 0.3) is 0 Å². The summed E-state index contributed by atoms with van der Waals surface area (Å²) in [7, 11) is 1.99. The van der Waals surface area contributed by atoms with E-state index in [0.29, 0.717) is 6.54 Å². The van der Waals surface area contributed by atoms with Crippen LogP contribution in [0.3, 0.4) is 0 Å². The summed E-state index contributed by atoms with van der Waals surface area (Å²) < 4.78 is 2.00. The highest BCUT2D eigenvalue weighted by atomic mass is 32.1. The van der Waals surface area contributed by atoms with E-state index in [4.69, 9.17) is 0 Å². The summed E-state index contributed by atoms with van der Waals surface area (Å²) in [4.78, 5) is 13.4. The third-order valence-corrected chi connectivity index (χ3v) is 5.04. The minimum atomic E-state index is 0.705. The number of nitrogens with one attached hydrogen (secondary N) is 1. The zero-order valence-electron chi connectivity index (χ0n) is 14.2. The van der Waals surface area contributed by atoms with Crippen LogP contribution < -0.4 is 5.32 Å². The molecule has 25 heavy (non-hydrogen) atoms. The smallest absolute Gasteiger partial charge is 0.128 e. The third-order valence-electron chi connectivity index (χ3n) is 4.35. The molecule has 4 rings (SSSR count). The van der Waals surface area contributed by atoms with Gasteiger partial charge < -0.3 is 9.88 Å². The molecule has 126 valence electrons. The first-order valence-corrected chi connectivity index (χ1v) is 9.20. The summed E-state index contributed by atoms with van der Waals surface area (Å²) in [6.45, 7) is 2.88. The van der Waals surface area contributed by atoms with Crippen LogP contribution in [0.2, 0.25) is 0 Å². The highest BCUT2D eigenvalue weighted by Crippen LogP contribution is 2.23. The van der Waals surface area contributed by atoms with E-state index in [0.717, 1.165) is 29.0 Å². The van der Waals surface area contributed by atoms with Gasteiger partial charge in [-0.1, -0.05) is 6.92 Å². The van der Waals surface area contributed by atoms with Gasteiger partial charge in [-0.05, 0) is 35.1 Å². The number of nitrogens with zero attached hydrogens (tertiary/aromatic N) is 4. The van der Waals surface area contributed by atoms with Gasteiger partial charge in [0.1, 0.15) is 11.3 Å². The lowest BCUT2D eigenvalue weighted by molar-refractivity contribution is 0.946. The van der Waals surface area contributed by atoms with Crippen LogP contribution in [0.4, 0.5) is 5.82 Å². The van der Waals surface area contributed by atoms with E-state index in [1.165, 1.54) is 16.7 Å². The van der Waals surface area contributed by atoms with Crippen molar-refractivity contribution in [2.75, 3.05) is 5.32 Å². The number of rotatable bonds is 5. The lowest BCUT2D eigenvalue weighted by Gasteiger charge is -2.11. The van der Waals surface area contributed by atoms with Crippen molar-refractivity contribution >= 4 is 28.2 Å². The van der Waals surface area contributed by atoms with Gasteiger partial charge in [0.15, 0.2) is 0 Å². The standard InChI is InChI=1S/C19H19N5S/c1-3-13-6-16(14-4-5-25-11-14)20-8-15(13)9-21-19-7-18-17(10-22-19)23-12-24(18)2/h4-8,10-12H,3,9H2,1-2H3,(H,21,22). The first kappa shape index (κ1) is 15.8. The number of imidazole rings is 1. The number of pyridine rings is 2. The van der Waals surface area contributed by atoms with Gasteiger partial charge in [0.05, 0.1) is 23.7 Å². The second-order valence-electron chi connectivity index (χ2n) is 5.97. The number of hydrogen-bond donors (Lipinski definition) is 1. The molecule has 0 fully saturated rings. The Kier molecular flexibility index (Phi) is 4.19. The largest absolute Gasteiger partial charge is 0.366 e. The fourth-order valence-corrected chi connectivity index (χ4v) is 3.54. The molecule has 0 aromatic carbocycles. The van der Waals surface area contributed by atoms with E-state index < -0.39 is 0 Å². The lowest BCUT2D eigenvalue weighted by atomic mass is 10.0. The first-order chi connectivity index (χ1) is 12.2. The summed E-state index contributed by atoms with van der Waals surface area (Å²) in [5.41, 5.74) is 6.71. The van der Waals surface area contributed by atoms with Gasteiger partial charge in [-0.3, -0.25) is 4.98 Å². The van der Waals surface area contributed by atoms with Crippen molar-refractivity contribution in [3.63, 3.8) is 0 Å². The average Bonchev–Trinajstić information content (AvgIpc) is 3.30. The van der Waals surface area contributed by atoms with Crippen LogP contribution in [0.5, 0.6) is 0 Å². The van der Waals surface area contributed by atoms with Crippen LogP contribution in [-0.4, -0.2) is 19.5 Å². The second-order valence-corrected chi connectivity index (χ2v) is 6.75. The Balaban J connectivity index is 1.56. The second kappa shape index (κ2) is 6.64. The SMILES string of the molecule is CCc1cc(-c2ccsc2)ncc1CNc1cc2c(cn1)ncn2C. The highest BCUT2D eigenvalue weighted by Gasteiger charge is 2.08. The van der Waals surface area contributed by atoms with E-state index in [9.17, 15) is 0 Å². The van der Waals surface area contributed by atoms with Crippen molar-refractivity contribution in [1.82, 2.24) is 19.5 Å². The molecule has 1 N–H and O–H groups in total. The van der Waals surface area contributed by atoms with Crippen LogP contribution in [-0.2, 0) is 20.0 Å². The Labute approximate surface area is 150 Å². The Morgan fingerprint density at radius 1 is 1.12 bits per heavy atom. The van der Waals surface area contributed by atoms with Crippen molar-refractivity contribution in [2.24, 2.45) is 7.05 Å². The molecule has 6 heteroatoms. The first-order valence-electron chi connectivity index (χ1n) is 8.26. The van der Waals surface area contributed by atoms with Crippen molar-refractivity contribution in [3.8, 4) is 11.3 Å². The summed E-state index contributed by atoms with van der Waals surface area (Å²) in [5.74, 6) is 0.847. The zero-order valence-corrected chi connectivity index (χ0v) is 15.0. The van der Waals surface area contributed by atoms with Crippen molar-refractivity contribution < 1.29 is 0 Å². The summed E-state index contributed by atoms with van der Waals surface area (Å²) >= 11 is 1.69. The quantitative estimate of drug-likeness (QED) is 0.585. The van der Waals surface area contributed by atoms with Gasteiger partial charge in [0, 0.05) is 36.8 Å². The molecule has 0 aliphatic carbocycles. The molecule has 5 nitrogen and oxygen atoms in total. The maximum Gasteiger partial charge on any atom is 0.128 e. The molecular formula is C19H19N5S. The zero-order chi connectivity index (χ0) is 17.2. The fourth-order valence-electron chi connectivity index (χ4n) is 2.89. The number of hydrogen-bond acceptors (Lipinski definition) is 5. The molecule has 0 atom stereocenters. The highest BCUT2D eigenvalue weighted by molar-refractivity contribution is 7.08. The topological polar surface area (TPSA) is 55.6 Å². The maximum atomic E-state index is 4.63. The number of thiophene rings is 1. The lowest BCUT2D eigenvalue weighted by Crippen LogP contribution is -2.05. The molecule has 0 bridgehead atoms.